The summed E-state index contributed by atoms with van der Waals surface area (Å²) < 4.78 is 54.6. The Balaban J connectivity index is 0.971. The lowest BCUT2D eigenvalue weighted by molar-refractivity contribution is -0.288. The van der Waals surface area contributed by atoms with Crippen LogP contribution in [-0.4, -0.2) is 88.0 Å². The maximum Gasteiger partial charge on any atom is 0.343 e. The number of esters is 6. The molecule has 0 aromatic heterocycles. The largest absolute Gasteiger partial charge is 0.494 e. The van der Waals surface area contributed by atoms with E-state index < -0.39 is 48.4 Å². The van der Waals surface area contributed by atoms with Crippen LogP contribution in [-0.2, 0) is 38.0 Å². The van der Waals surface area contributed by atoms with Crippen molar-refractivity contribution in [1.82, 2.24) is 0 Å². The van der Waals surface area contributed by atoms with Gasteiger partial charge in [-0.05, 0) is 123 Å². The number of carbonyl (C=O) groups excluding carboxylic acids is 6. The van der Waals surface area contributed by atoms with Gasteiger partial charge in [-0.1, -0.05) is 64.5 Å². The number of carbonyl (C=O) groups is 6. The Morgan fingerprint density at radius 3 is 1.01 bits per heavy atom. The molecule has 0 saturated carbocycles. The van der Waals surface area contributed by atoms with Crippen LogP contribution in [0.2, 0.25) is 0 Å². The molecule has 4 aromatic rings. The van der Waals surface area contributed by atoms with Gasteiger partial charge in [-0.2, -0.15) is 0 Å². The third-order valence-corrected chi connectivity index (χ3v) is 10.5. The van der Waals surface area contributed by atoms with Crippen molar-refractivity contribution in [2.24, 2.45) is 0 Å². The Kier molecular flexibility index (Phi) is 23.2. The molecule has 1 heterocycles. The highest BCUT2D eigenvalue weighted by Crippen LogP contribution is 2.23. The first-order chi connectivity index (χ1) is 34.1. The Bertz CT molecular complexity index is 2130. The summed E-state index contributed by atoms with van der Waals surface area (Å²) in [6.45, 7) is 8.79. The summed E-state index contributed by atoms with van der Waals surface area (Å²) in [5.41, 5.74) is 0.838. The van der Waals surface area contributed by atoms with Crippen LogP contribution >= 0.6 is 0 Å². The van der Waals surface area contributed by atoms with Crippen molar-refractivity contribution in [1.29, 1.82) is 0 Å². The van der Waals surface area contributed by atoms with Crippen molar-refractivity contribution in [3.63, 3.8) is 0 Å². The second-order valence-electron chi connectivity index (χ2n) is 15.8. The molecule has 4 aromatic carbocycles. The maximum absolute atomic E-state index is 13.1. The van der Waals surface area contributed by atoms with E-state index in [4.69, 9.17) is 47.4 Å². The molecule has 1 aliphatic heterocycles. The maximum atomic E-state index is 13.1. The molecule has 0 bridgehead atoms. The SMILES string of the molecule is C=CC(=O)OCCCCCCCCOc1ccc(C(=O)Oc2ccc(C(=O)OC3OCCOC3OC(=O)c3ccc(OC(=O)c4ccc(OCCCCCCCCOC(=O)C=C)cc4)cc3)cc2)cc1. The van der Waals surface area contributed by atoms with Gasteiger partial charge in [0.15, 0.2) is 0 Å². The molecule has 16 nitrogen and oxygen atoms in total. The summed E-state index contributed by atoms with van der Waals surface area (Å²) in [7, 11) is 0. The third-order valence-electron chi connectivity index (χ3n) is 10.5. The van der Waals surface area contributed by atoms with Crippen molar-refractivity contribution in [3.05, 3.63) is 145 Å². The second-order valence-corrected chi connectivity index (χ2v) is 15.8. The molecule has 2 atom stereocenters. The first-order valence-electron chi connectivity index (χ1n) is 23.5. The highest BCUT2D eigenvalue weighted by atomic mass is 16.8. The van der Waals surface area contributed by atoms with Crippen molar-refractivity contribution in [3.8, 4) is 23.0 Å². The van der Waals surface area contributed by atoms with E-state index in [9.17, 15) is 28.8 Å². The third kappa shape index (κ3) is 19.4. The van der Waals surface area contributed by atoms with Crippen LogP contribution < -0.4 is 18.9 Å². The van der Waals surface area contributed by atoms with Crippen molar-refractivity contribution >= 4 is 35.8 Å². The van der Waals surface area contributed by atoms with Gasteiger partial charge >= 0.3 is 35.8 Å². The minimum absolute atomic E-state index is 0.0748. The average molecular weight is 965 g/mol. The number of benzene rings is 4. The number of unbranched alkanes of at least 4 members (excludes halogenated alkanes) is 10. The minimum Gasteiger partial charge on any atom is -0.494 e. The highest BCUT2D eigenvalue weighted by molar-refractivity contribution is 5.93. The minimum atomic E-state index is -1.38. The van der Waals surface area contributed by atoms with Gasteiger partial charge in [-0.15, -0.1) is 0 Å². The summed E-state index contributed by atoms with van der Waals surface area (Å²) in [4.78, 5) is 73.9. The van der Waals surface area contributed by atoms with Gasteiger partial charge in [0, 0.05) is 12.2 Å². The Morgan fingerprint density at radius 1 is 0.400 bits per heavy atom. The van der Waals surface area contributed by atoms with E-state index in [1.165, 1.54) is 48.5 Å². The first-order valence-corrected chi connectivity index (χ1v) is 23.5. The van der Waals surface area contributed by atoms with Crippen LogP contribution in [0.25, 0.3) is 0 Å². The van der Waals surface area contributed by atoms with Gasteiger partial charge in [-0.25, -0.2) is 28.8 Å². The topological polar surface area (TPSA) is 195 Å². The normalized spacial score (nSPS) is 14.0. The molecule has 16 heteroatoms. The van der Waals surface area contributed by atoms with E-state index in [2.05, 4.69) is 13.2 Å². The quantitative estimate of drug-likeness (QED) is 0.0157. The van der Waals surface area contributed by atoms with Crippen molar-refractivity contribution in [2.45, 2.75) is 89.6 Å². The molecule has 1 saturated heterocycles. The van der Waals surface area contributed by atoms with E-state index in [1.807, 2.05) is 0 Å². The highest BCUT2D eigenvalue weighted by Gasteiger charge is 2.34. The fourth-order valence-electron chi connectivity index (χ4n) is 6.70. The molecular formula is C54H60O16. The van der Waals surface area contributed by atoms with Crippen LogP contribution in [0.15, 0.2) is 122 Å². The summed E-state index contributed by atoms with van der Waals surface area (Å²) >= 11 is 0. The molecule has 70 heavy (non-hydrogen) atoms. The second kappa shape index (κ2) is 30.2. The van der Waals surface area contributed by atoms with E-state index in [0.717, 1.165) is 89.2 Å². The molecular weight excluding hydrogens is 905 g/mol. The molecule has 0 spiro atoms. The van der Waals surface area contributed by atoms with Crippen LogP contribution in [0, 0.1) is 0 Å². The summed E-state index contributed by atoms with van der Waals surface area (Å²) in [5.74, 6) is -1.96. The number of hydrogen-bond donors (Lipinski definition) is 0. The zero-order valence-electron chi connectivity index (χ0n) is 39.2. The summed E-state index contributed by atoms with van der Waals surface area (Å²) in [6, 6.07) is 24.6. The lowest BCUT2D eigenvalue weighted by atomic mass is 10.1. The molecule has 1 fully saturated rings. The monoisotopic (exact) mass is 964 g/mol. The number of hydrogen-bond acceptors (Lipinski definition) is 16. The molecule has 0 amide bonds. The van der Waals surface area contributed by atoms with E-state index >= 15 is 0 Å². The molecule has 0 N–H and O–H groups in total. The standard InChI is InChI=1S/C54H60O16/c1-3-47(55)63-35-15-11-7-5-9-13-33-61-43-25-17-39(18-26-43)49(57)67-45-29-21-41(22-30-45)51(59)69-53-54(66-38-37-65-53)70-52(60)42-23-31-46(32-24-42)68-50(58)40-19-27-44(28-20-40)62-34-14-10-6-8-12-16-36-64-48(56)4-2/h3-4,17-32,53-54H,1-2,5-16,33-38H2. The number of ether oxygens (including phenoxy) is 10. The Hall–Kier alpha value is -7.30. The van der Waals surface area contributed by atoms with Crippen LogP contribution in [0.5, 0.6) is 23.0 Å². The zero-order valence-corrected chi connectivity index (χ0v) is 39.2. The van der Waals surface area contributed by atoms with E-state index in [0.29, 0.717) is 49.1 Å². The van der Waals surface area contributed by atoms with Gasteiger partial charge in [0.25, 0.3) is 12.6 Å². The first kappa shape index (κ1) is 53.7. The molecule has 0 radical (unpaired) electrons. The lowest BCUT2D eigenvalue weighted by Gasteiger charge is -2.30. The summed E-state index contributed by atoms with van der Waals surface area (Å²) in [5, 5.41) is 0. The lowest BCUT2D eigenvalue weighted by Crippen LogP contribution is -2.44. The zero-order chi connectivity index (χ0) is 49.8. The molecule has 1 aliphatic rings. The molecule has 372 valence electrons. The van der Waals surface area contributed by atoms with Gasteiger partial charge in [0.05, 0.1) is 61.9 Å². The predicted molar refractivity (Wildman–Crippen MR) is 255 cm³/mol. The summed E-state index contributed by atoms with van der Waals surface area (Å²) in [6.07, 6.45) is 11.2. The number of rotatable bonds is 30. The van der Waals surface area contributed by atoms with Crippen LogP contribution in [0.1, 0.15) is 118 Å². The van der Waals surface area contributed by atoms with Gasteiger partial charge < -0.3 is 47.4 Å². The van der Waals surface area contributed by atoms with Crippen LogP contribution in [0.4, 0.5) is 0 Å². The molecule has 0 aliphatic carbocycles. The van der Waals surface area contributed by atoms with Gasteiger partial charge in [0.1, 0.15) is 23.0 Å². The molecule has 5 rings (SSSR count). The fourth-order valence-corrected chi connectivity index (χ4v) is 6.70. The fraction of sp³-hybridized carbons (Fsp3) is 0.370. The van der Waals surface area contributed by atoms with Gasteiger partial charge in [-0.3, -0.25) is 0 Å². The Morgan fingerprint density at radius 2 is 0.686 bits per heavy atom. The Labute approximate surface area is 407 Å². The molecule has 2 unspecified atom stereocenters. The van der Waals surface area contributed by atoms with Crippen molar-refractivity contribution in [2.75, 3.05) is 39.6 Å². The van der Waals surface area contributed by atoms with E-state index in [-0.39, 0.29) is 35.8 Å². The van der Waals surface area contributed by atoms with E-state index in [1.54, 1.807) is 48.5 Å². The average Bonchev–Trinajstić information content (AvgIpc) is 3.38. The smallest absolute Gasteiger partial charge is 0.343 e. The van der Waals surface area contributed by atoms with Crippen LogP contribution in [0.3, 0.4) is 0 Å². The van der Waals surface area contributed by atoms with Gasteiger partial charge in [0.2, 0.25) is 0 Å². The van der Waals surface area contributed by atoms with Crippen molar-refractivity contribution < 1.29 is 76.1 Å². The predicted octanol–water partition coefficient (Wildman–Crippen LogP) is 9.73.